The first-order chi connectivity index (χ1) is 8.15. The minimum Gasteiger partial charge on any atom is -0.397 e. The van der Waals surface area contributed by atoms with Crippen molar-refractivity contribution in [2.75, 3.05) is 37.9 Å². The Labute approximate surface area is 102 Å². The van der Waals surface area contributed by atoms with Crippen molar-refractivity contribution in [1.82, 2.24) is 4.98 Å². The van der Waals surface area contributed by atoms with Gasteiger partial charge < -0.3 is 20.1 Å². The Kier molecular flexibility index (Phi) is 3.49. The van der Waals surface area contributed by atoms with E-state index in [4.69, 9.17) is 15.2 Å². The second-order valence-electron chi connectivity index (χ2n) is 4.36. The predicted molar refractivity (Wildman–Crippen MR) is 67.2 cm³/mol. The van der Waals surface area contributed by atoms with Crippen molar-refractivity contribution in [2.24, 2.45) is 0 Å². The lowest BCUT2D eigenvalue weighted by Gasteiger charge is -2.19. The van der Waals surface area contributed by atoms with Crippen LogP contribution in [-0.4, -0.2) is 44.5 Å². The third kappa shape index (κ3) is 2.35. The molecule has 2 rings (SSSR count). The molecular weight excluding hydrogens is 218 g/mol. The number of aromatic nitrogens is 1. The van der Waals surface area contributed by atoms with E-state index in [0.717, 1.165) is 24.5 Å². The first-order valence-corrected chi connectivity index (χ1v) is 5.68. The average molecular weight is 237 g/mol. The molecule has 1 fully saturated rings. The maximum atomic E-state index is 5.70. The fourth-order valence-corrected chi connectivity index (χ4v) is 2.29. The minimum absolute atomic E-state index is 0.0961. The Hall–Kier alpha value is -1.33. The largest absolute Gasteiger partial charge is 0.397 e. The van der Waals surface area contributed by atoms with E-state index < -0.39 is 0 Å². The molecule has 0 aromatic carbocycles. The standard InChI is InChI=1S/C12H19N3O2/c1-8-4-9(13)5-14-12(8)15-6-10(16-2)11(7-15)17-3/h4-5,10-11H,6-7,13H2,1-3H3. The summed E-state index contributed by atoms with van der Waals surface area (Å²) in [7, 11) is 3.42. The van der Waals surface area contributed by atoms with Gasteiger partial charge in [0.25, 0.3) is 0 Å². The fraction of sp³-hybridized carbons (Fsp3) is 0.583. The quantitative estimate of drug-likeness (QED) is 0.843. The third-order valence-corrected chi connectivity index (χ3v) is 3.19. The number of pyridine rings is 1. The van der Waals surface area contributed by atoms with E-state index in [9.17, 15) is 0 Å². The number of nitrogens with zero attached hydrogens (tertiary/aromatic N) is 2. The average Bonchev–Trinajstić information content (AvgIpc) is 2.72. The highest BCUT2D eigenvalue weighted by atomic mass is 16.5. The highest BCUT2D eigenvalue weighted by molar-refractivity contribution is 5.53. The molecular formula is C12H19N3O2. The maximum absolute atomic E-state index is 5.70. The van der Waals surface area contributed by atoms with Crippen molar-refractivity contribution in [1.29, 1.82) is 0 Å². The van der Waals surface area contributed by atoms with Crippen LogP contribution in [0.4, 0.5) is 11.5 Å². The summed E-state index contributed by atoms with van der Waals surface area (Å²) in [6, 6.07) is 1.93. The van der Waals surface area contributed by atoms with E-state index in [1.807, 2.05) is 13.0 Å². The maximum Gasteiger partial charge on any atom is 0.131 e. The van der Waals surface area contributed by atoms with Gasteiger partial charge in [-0.2, -0.15) is 0 Å². The number of hydrogen-bond acceptors (Lipinski definition) is 5. The highest BCUT2D eigenvalue weighted by Crippen LogP contribution is 2.25. The van der Waals surface area contributed by atoms with Crippen LogP contribution in [0.5, 0.6) is 0 Å². The van der Waals surface area contributed by atoms with E-state index in [-0.39, 0.29) is 12.2 Å². The van der Waals surface area contributed by atoms with Crippen LogP contribution in [-0.2, 0) is 9.47 Å². The smallest absolute Gasteiger partial charge is 0.131 e. The van der Waals surface area contributed by atoms with Gasteiger partial charge in [0.2, 0.25) is 0 Å². The Bertz CT molecular complexity index is 385. The zero-order chi connectivity index (χ0) is 12.4. The molecule has 17 heavy (non-hydrogen) atoms. The van der Waals surface area contributed by atoms with Crippen molar-refractivity contribution in [2.45, 2.75) is 19.1 Å². The first kappa shape index (κ1) is 12.1. The van der Waals surface area contributed by atoms with Crippen LogP contribution < -0.4 is 10.6 Å². The van der Waals surface area contributed by atoms with Crippen molar-refractivity contribution in [3.8, 4) is 0 Å². The van der Waals surface area contributed by atoms with E-state index in [2.05, 4.69) is 9.88 Å². The van der Waals surface area contributed by atoms with Crippen LogP contribution in [0.25, 0.3) is 0 Å². The number of rotatable bonds is 3. The molecule has 1 aliphatic heterocycles. The monoisotopic (exact) mass is 237 g/mol. The molecule has 2 atom stereocenters. The Morgan fingerprint density at radius 1 is 1.29 bits per heavy atom. The zero-order valence-corrected chi connectivity index (χ0v) is 10.5. The number of aryl methyl sites for hydroxylation is 1. The lowest BCUT2D eigenvalue weighted by Crippen LogP contribution is -2.27. The highest BCUT2D eigenvalue weighted by Gasteiger charge is 2.34. The summed E-state index contributed by atoms with van der Waals surface area (Å²) in [4.78, 5) is 6.56. The zero-order valence-electron chi connectivity index (χ0n) is 10.5. The molecule has 0 saturated carbocycles. The first-order valence-electron chi connectivity index (χ1n) is 5.68. The number of hydrogen-bond donors (Lipinski definition) is 1. The number of methoxy groups -OCH3 is 2. The summed E-state index contributed by atoms with van der Waals surface area (Å²) in [5.74, 6) is 0.959. The topological polar surface area (TPSA) is 60.6 Å². The van der Waals surface area contributed by atoms with Crippen molar-refractivity contribution in [3.05, 3.63) is 17.8 Å². The Morgan fingerprint density at radius 3 is 2.35 bits per heavy atom. The van der Waals surface area contributed by atoms with Gasteiger partial charge in [-0.05, 0) is 18.6 Å². The third-order valence-electron chi connectivity index (χ3n) is 3.19. The van der Waals surface area contributed by atoms with E-state index in [1.54, 1.807) is 20.4 Å². The van der Waals surface area contributed by atoms with E-state index >= 15 is 0 Å². The lowest BCUT2D eigenvalue weighted by atomic mass is 10.2. The Balaban J connectivity index is 2.19. The fourth-order valence-electron chi connectivity index (χ4n) is 2.29. The molecule has 94 valence electrons. The molecule has 2 heterocycles. The predicted octanol–water partition coefficient (Wildman–Crippen LogP) is 0.822. The van der Waals surface area contributed by atoms with Crippen LogP contribution in [0.1, 0.15) is 5.56 Å². The van der Waals surface area contributed by atoms with Crippen molar-refractivity contribution < 1.29 is 9.47 Å². The van der Waals surface area contributed by atoms with Crippen LogP contribution in [0.15, 0.2) is 12.3 Å². The summed E-state index contributed by atoms with van der Waals surface area (Å²) >= 11 is 0. The number of nitrogens with two attached hydrogens (primary N) is 1. The summed E-state index contributed by atoms with van der Waals surface area (Å²) in [6.45, 7) is 3.61. The van der Waals surface area contributed by atoms with Gasteiger partial charge in [-0.1, -0.05) is 0 Å². The van der Waals surface area contributed by atoms with Gasteiger partial charge in [-0.3, -0.25) is 0 Å². The summed E-state index contributed by atoms with van der Waals surface area (Å²) in [5.41, 5.74) is 7.47. The molecule has 0 bridgehead atoms. The van der Waals surface area contributed by atoms with Gasteiger partial charge in [-0.15, -0.1) is 0 Å². The van der Waals surface area contributed by atoms with Crippen LogP contribution in [0.3, 0.4) is 0 Å². The van der Waals surface area contributed by atoms with E-state index in [0.29, 0.717) is 5.69 Å². The van der Waals surface area contributed by atoms with Gasteiger partial charge in [0.1, 0.15) is 18.0 Å². The van der Waals surface area contributed by atoms with Gasteiger partial charge in [-0.25, -0.2) is 4.98 Å². The van der Waals surface area contributed by atoms with Gasteiger partial charge in [0.05, 0.1) is 11.9 Å². The van der Waals surface area contributed by atoms with Crippen molar-refractivity contribution >= 4 is 11.5 Å². The molecule has 1 aromatic rings. The number of anilines is 2. The molecule has 0 spiro atoms. The van der Waals surface area contributed by atoms with Gasteiger partial charge >= 0.3 is 0 Å². The lowest BCUT2D eigenvalue weighted by molar-refractivity contribution is -0.00461. The molecule has 2 unspecified atom stereocenters. The molecule has 0 amide bonds. The molecule has 0 aliphatic carbocycles. The molecule has 1 aliphatic rings. The molecule has 5 heteroatoms. The molecule has 5 nitrogen and oxygen atoms in total. The molecule has 2 N–H and O–H groups in total. The Morgan fingerprint density at radius 2 is 1.88 bits per heavy atom. The number of nitrogen functional groups attached to an aromatic ring is 1. The van der Waals surface area contributed by atoms with Crippen LogP contribution in [0.2, 0.25) is 0 Å². The summed E-state index contributed by atoms with van der Waals surface area (Å²) < 4.78 is 10.8. The van der Waals surface area contributed by atoms with Gasteiger partial charge in [0.15, 0.2) is 0 Å². The van der Waals surface area contributed by atoms with Gasteiger partial charge in [0, 0.05) is 27.3 Å². The normalized spacial score (nSPS) is 24.3. The summed E-state index contributed by atoms with van der Waals surface area (Å²) in [6.07, 6.45) is 1.88. The summed E-state index contributed by atoms with van der Waals surface area (Å²) in [5, 5.41) is 0. The second kappa shape index (κ2) is 4.89. The van der Waals surface area contributed by atoms with E-state index in [1.165, 1.54) is 0 Å². The van der Waals surface area contributed by atoms with Crippen LogP contribution >= 0.6 is 0 Å². The van der Waals surface area contributed by atoms with Crippen molar-refractivity contribution in [3.63, 3.8) is 0 Å². The molecule has 0 radical (unpaired) electrons. The molecule has 1 saturated heterocycles. The second-order valence-corrected chi connectivity index (χ2v) is 4.36. The molecule has 1 aromatic heterocycles. The number of ether oxygens (including phenoxy) is 2. The minimum atomic E-state index is 0.0961. The van der Waals surface area contributed by atoms with Crippen LogP contribution in [0, 0.1) is 6.92 Å². The SMILES string of the molecule is COC1CN(c2ncc(N)cc2C)CC1OC.